The molecule has 0 aromatic carbocycles. The molecule has 0 amide bonds. The Hall–Kier alpha value is -0.680. The van der Waals surface area contributed by atoms with Crippen molar-refractivity contribution in [2.24, 2.45) is 0 Å². The number of alkyl halides is 14. The summed E-state index contributed by atoms with van der Waals surface area (Å²) < 4.78 is 204. The molecule has 2 atom stereocenters. The lowest BCUT2D eigenvalue weighted by Crippen LogP contribution is -2.54. The fourth-order valence-electron chi connectivity index (χ4n) is 1.56. The standard InChI is InChI=1S/C11H12F14O6P2/c12-6(13,8(16,17)10(20,21)22)4-30-32(26,27)2-1-3-33(28,29)31-5-7(14,15)9(18,19)11(23,24)25/h1-5H2,(H,26,27)(H,28,29). The third-order valence-electron chi connectivity index (χ3n) is 3.41. The Morgan fingerprint density at radius 2 is 0.788 bits per heavy atom. The number of hydrogen-bond acceptors (Lipinski definition) is 4. The fourth-order valence-corrected chi connectivity index (χ4v) is 3.91. The zero-order chi connectivity index (χ0) is 26.9. The summed E-state index contributed by atoms with van der Waals surface area (Å²) in [6.07, 6.45) is -17.9. The van der Waals surface area contributed by atoms with Crippen molar-refractivity contribution in [3.05, 3.63) is 0 Å². The van der Waals surface area contributed by atoms with E-state index in [2.05, 4.69) is 9.05 Å². The van der Waals surface area contributed by atoms with Crippen LogP contribution in [-0.4, -0.2) is 71.4 Å². The van der Waals surface area contributed by atoms with Gasteiger partial charge < -0.3 is 18.8 Å². The minimum atomic E-state index is -6.79. The average Bonchev–Trinajstić information content (AvgIpc) is 2.56. The largest absolute Gasteiger partial charge is 0.459 e. The number of hydrogen-bond donors (Lipinski definition) is 2. The fraction of sp³-hybridized carbons (Fsp3) is 1.00. The molecule has 6 nitrogen and oxygen atoms in total. The molecule has 33 heavy (non-hydrogen) atoms. The topological polar surface area (TPSA) is 93.1 Å². The van der Waals surface area contributed by atoms with Gasteiger partial charge in [0.2, 0.25) is 0 Å². The molecule has 0 aliphatic heterocycles. The summed E-state index contributed by atoms with van der Waals surface area (Å²) in [5.41, 5.74) is 0. The first-order chi connectivity index (χ1) is 14.1. The van der Waals surface area contributed by atoms with Crippen molar-refractivity contribution in [1.82, 2.24) is 0 Å². The van der Waals surface area contributed by atoms with Crippen LogP contribution in [-0.2, 0) is 18.2 Å². The Morgan fingerprint density at radius 3 is 1.00 bits per heavy atom. The van der Waals surface area contributed by atoms with Crippen LogP contribution in [0.4, 0.5) is 61.5 Å². The van der Waals surface area contributed by atoms with Crippen LogP contribution in [0.15, 0.2) is 0 Å². The van der Waals surface area contributed by atoms with Gasteiger partial charge in [0.05, 0.1) is 12.3 Å². The lowest BCUT2D eigenvalue weighted by molar-refractivity contribution is -0.358. The normalized spacial score (nSPS) is 18.7. The van der Waals surface area contributed by atoms with Crippen LogP contribution < -0.4 is 0 Å². The second kappa shape index (κ2) is 9.76. The lowest BCUT2D eigenvalue weighted by Gasteiger charge is -2.28. The average molecular weight is 568 g/mol. The molecule has 22 heteroatoms. The van der Waals surface area contributed by atoms with E-state index < -0.39 is 83.2 Å². The smallest absolute Gasteiger partial charge is 0.324 e. The maximum absolute atomic E-state index is 13.0. The van der Waals surface area contributed by atoms with Crippen LogP contribution in [0, 0.1) is 0 Å². The molecule has 0 saturated heterocycles. The van der Waals surface area contributed by atoms with Crippen molar-refractivity contribution in [1.29, 1.82) is 0 Å². The zero-order valence-corrected chi connectivity index (χ0v) is 17.0. The van der Waals surface area contributed by atoms with Gasteiger partial charge in [-0.05, 0) is 6.42 Å². The number of rotatable bonds is 12. The molecule has 0 aliphatic rings. The molecule has 0 rings (SSSR count). The van der Waals surface area contributed by atoms with Gasteiger partial charge in [-0.3, -0.25) is 9.13 Å². The number of halogens is 14. The second-order valence-corrected chi connectivity index (χ2v) is 10.1. The highest BCUT2D eigenvalue weighted by atomic mass is 31.2. The SMILES string of the molecule is O=P(O)(CCCP(=O)(O)OCC(F)(F)C(F)(F)C(F)(F)F)OCC(F)(F)C(F)(F)C(F)(F)F. The van der Waals surface area contributed by atoms with Crippen LogP contribution >= 0.6 is 15.2 Å². The Morgan fingerprint density at radius 1 is 0.545 bits per heavy atom. The Bertz CT molecular complexity index is 702. The molecule has 0 fully saturated rings. The minimum absolute atomic E-state index is 1.23. The van der Waals surface area contributed by atoms with Gasteiger partial charge in [0, 0.05) is 0 Å². The van der Waals surface area contributed by atoms with Crippen LogP contribution in [0.5, 0.6) is 0 Å². The highest BCUT2D eigenvalue weighted by Gasteiger charge is 2.74. The Labute approximate surface area is 173 Å². The summed E-state index contributed by atoms with van der Waals surface area (Å²) >= 11 is 0. The van der Waals surface area contributed by atoms with Gasteiger partial charge in [0.1, 0.15) is 13.2 Å². The van der Waals surface area contributed by atoms with Gasteiger partial charge in [-0.1, -0.05) is 0 Å². The summed E-state index contributed by atoms with van der Waals surface area (Å²) in [6.45, 7) is -5.92. The van der Waals surface area contributed by atoms with Gasteiger partial charge in [-0.25, -0.2) is 0 Å². The molecule has 0 aromatic rings. The van der Waals surface area contributed by atoms with Crippen LogP contribution in [0.1, 0.15) is 6.42 Å². The Kier molecular flexibility index (Phi) is 9.56. The molecular formula is C11H12F14O6P2. The van der Waals surface area contributed by atoms with E-state index in [1.54, 1.807) is 0 Å². The third-order valence-corrected chi connectivity index (χ3v) is 6.24. The molecule has 0 aliphatic carbocycles. The first-order valence-corrected chi connectivity index (χ1v) is 11.2. The predicted octanol–water partition coefficient (Wildman–Crippen LogP) is 5.45. The van der Waals surface area contributed by atoms with Crippen LogP contribution in [0.2, 0.25) is 0 Å². The lowest BCUT2D eigenvalue weighted by atomic mass is 10.2. The zero-order valence-electron chi connectivity index (χ0n) is 15.2. The summed E-state index contributed by atoms with van der Waals surface area (Å²) in [7, 11) is -11.0. The summed E-state index contributed by atoms with van der Waals surface area (Å²) in [5, 5.41) is 0. The molecule has 2 unspecified atom stereocenters. The van der Waals surface area contributed by atoms with Crippen LogP contribution in [0.3, 0.4) is 0 Å². The summed E-state index contributed by atoms with van der Waals surface area (Å²) in [4.78, 5) is 18.2. The Balaban J connectivity index is 4.92. The van der Waals surface area contributed by atoms with E-state index in [0.29, 0.717) is 0 Å². The van der Waals surface area contributed by atoms with Gasteiger partial charge >= 0.3 is 51.2 Å². The van der Waals surface area contributed by atoms with E-state index in [1.165, 1.54) is 0 Å². The third kappa shape index (κ3) is 8.19. The van der Waals surface area contributed by atoms with E-state index in [0.717, 1.165) is 0 Å². The maximum Gasteiger partial charge on any atom is 0.459 e. The molecular weight excluding hydrogens is 556 g/mol. The van der Waals surface area contributed by atoms with E-state index >= 15 is 0 Å². The molecule has 0 radical (unpaired) electrons. The molecule has 0 heterocycles. The van der Waals surface area contributed by atoms with Crippen molar-refractivity contribution in [2.45, 2.75) is 42.5 Å². The first kappa shape index (κ1) is 32.3. The predicted molar refractivity (Wildman–Crippen MR) is 77.8 cm³/mol. The molecule has 0 aromatic heterocycles. The van der Waals surface area contributed by atoms with Crippen molar-refractivity contribution >= 4 is 15.2 Å². The van der Waals surface area contributed by atoms with Crippen molar-refractivity contribution in [3.8, 4) is 0 Å². The maximum atomic E-state index is 13.0. The molecule has 0 bridgehead atoms. The van der Waals surface area contributed by atoms with E-state index in [-0.39, 0.29) is 0 Å². The van der Waals surface area contributed by atoms with Crippen LogP contribution in [0.25, 0.3) is 0 Å². The molecule has 200 valence electrons. The quantitative estimate of drug-likeness (QED) is 0.241. The summed E-state index contributed by atoms with van der Waals surface area (Å²) in [6, 6.07) is 0. The first-order valence-electron chi connectivity index (χ1n) is 7.69. The highest BCUT2D eigenvalue weighted by Crippen LogP contribution is 2.53. The van der Waals surface area contributed by atoms with Crippen molar-refractivity contribution in [2.75, 3.05) is 25.5 Å². The van der Waals surface area contributed by atoms with Gasteiger partial charge in [-0.15, -0.1) is 0 Å². The van der Waals surface area contributed by atoms with Gasteiger partial charge in [0.15, 0.2) is 0 Å². The van der Waals surface area contributed by atoms with E-state index in [9.17, 15) is 70.6 Å². The van der Waals surface area contributed by atoms with Gasteiger partial charge in [0.25, 0.3) is 0 Å². The second-order valence-electron chi connectivity index (χ2n) is 6.18. The van der Waals surface area contributed by atoms with Gasteiger partial charge in [-0.2, -0.15) is 61.5 Å². The molecule has 0 spiro atoms. The van der Waals surface area contributed by atoms with E-state index in [1.807, 2.05) is 0 Å². The summed E-state index contributed by atoms with van der Waals surface area (Å²) in [5.74, 6) is -25.5. The van der Waals surface area contributed by atoms with E-state index in [4.69, 9.17) is 9.79 Å². The minimum Gasteiger partial charge on any atom is -0.324 e. The molecule has 0 saturated carbocycles. The van der Waals surface area contributed by atoms with Crippen molar-refractivity contribution in [3.63, 3.8) is 0 Å². The highest BCUT2D eigenvalue weighted by molar-refractivity contribution is 7.53. The molecule has 2 N–H and O–H groups in total. The monoisotopic (exact) mass is 568 g/mol. The van der Waals surface area contributed by atoms with Crippen molar-refractivity contribution < 1.29 is 89.4 Å².